The summed E-state index contributed by atoms with van der Waals surface area (Å²) < 4.78 is 5.12. The van der Waals surface area contributed by atoms with Crippen molar-refractivity contribution in [1.82, 2.24) is 5.32 Å². The molecule has 0 saturated carbocycles. The van der Waals surface area contributed by atoms with Gasteiger partial charge in [0.1, 0.15) is 5.70 Å². The molecule has 6 heteroatoms. The highest BCUT2D eigenvalue weighted by molar-refractivity contribution is 6.30. The van der Waals surface area contributed by atoms with Crippen molar-refractivity contribution in [3.8, 4) is 0 Å². The number of nitrogens with one attached hydrogen (secondary N) is 2. The Bertz CT molecular complexity index is 1230. The normalized spacial score (nSPS) is 11.3. The summed E-state index contributed by atoms with van der Waals surface area (Å²) in [5.41, 5.74) is 1.41. The summed E-state index contributed by atoms with van der Waals surface area (Å²) in [5, 5.41) is 8.11. The number of carbonyl (C=O) groups excluding carboxylic acids is 2. The lowest BCUT2D eigenvalue weighted by molar-refractivity contribution is -0.113. The maximum atomic E-state index is 13.0. The van der Waals surface area contributed by atoms with Crippen LogP contribution < -0.4 is 10.6 Å². The molecule has 0 fully saturated rings. The molecule has 0 aliphatic heterocycles. The number of rotatable bonds is 5. The zero-order valence-corrected chi connectivity index (χ0v) is 16.5. The van der Waals surface area contributed by atoms with Gasteiger partial charge in [0.2, 0.25) is 0 Å². The first kappa shape index (κ1) is 19.5. The minimum atomic E-state index is -0.520. The number of furan rings is 1. The molecule has 0 bridgehead atoms. The van der Waals surface area contributed by atoms with Gasteiger partial charge >= 0.3 is 0 Å². The van der Waals surface area contributed by atoms with Crippen molar-refractivity contribution in [2.75, 3.05) is 5.32 Å². The number of hydrogen-bond acceptors (Lipinski definition) is 3. The van der Waals surface area contributed by atoms with Gasteiger partial charge < -0.3 is 15.1 Å². The Morgan fingerprint density at radius 2 is 1.63 bits per heavy atom. The van der Waals surface area contributed by atoms with E-state index in [4.69, 9.17) is 16.0 Å². The van der Waals surface area contributed by atoms with Crippen molar-refractivity contribution in [2.24, 2.45) is 0 Å². The van der Waals surface area contributed by atoms with Crippen LogP contribution in [0.25, 0.3) is 16.8 Å². The monoisotopic (exact) mass is 416 g/mol. The van der Waals surface area contributed by atoms with Crippen molar-refractivity contribution in [2.45, 2.75) is 0 Å². The van der Waals surface area contributed by atoms with E-state index in [9.17, 15) is 9.59 Å². The third-order valence-electron chi connectivity index (χ3n) is 4.43. The molecule has 0 aliphatic rings. The summed E-state index contributed by atoms with van der Waals surface area (Å²) in [4.78, 5) is 25.4. The Morgan fingerprint density at radius 1 is 0.867 bits per heavy atom. The number of amides is 2. The molecular formula is C24H17ClN2O3. The van der Waals surface area contributed by atoms with Gasteiger partial charge in [0.05, 0.1) is 6.26 Å². The van der Waals surface area contributed by atoms with Gasteiger partial charge in [0, 0.05) is 10.7 Å². The molecule has 0 atom stereocenters. The molecule has 30 heavy (non-hydrogen) atoms. The van der Waals surface area contributed by atoms with E-state index in [0.29, 0.717) is 16.3 Å². The van der Waals surface area contributed by atoms with Crippen molar-refractivity contribution >= 4 is 46.0 Å². The first-order chi connectivity index (χ1) is 14.6. The SMILES string of the molecule is O=C(Nc1ccc2ccccc2c1)C(=Cc1ccc(Cl)cc1)NC(=O)c1ccco1. The predicted octanol–water partition coefficient (Wildman–Crippen LogP) is 5.50. The molecule has 148 valence electrons. The topological polar surface area (TPSA) is 71.3 Å². The minimum absolute atomic E-state index is 0.0758. The first-order valence-electron chi connectivity index (χ1n) is 9.21. The van der Waals surface area contributed by atoms with Gasteiger partial charge in [-0.05, 0) is 58.8 Å². The van der Waals surface area contributed by atoms with Crippen LogP contribution in [-0.4, -0.2) is 11.8 Å². The average molecular weight is 417 g/mol. The zero-order valence-electron chi connectivity index (χ0n) is 15.8. The van der Waals surface area contributed by atoms with Crippen LogP contribution in [0, 0.1) is 0 Å². The van der Waals surface area contributed by atoms with Crippen molar-refractivity contribution in [3.05, 3.63) is 107 Å². The quantitative estimate of drug-likeness (QED) is 0.422. The summed E-state index contributed by atoms with van der Waals surface area (Å²) in [5.74, 6) is -0.871. The second-order valence-electron chi connectivity index (χ2n) is 6.56. The summed E-state index contributed by atoms with van der Waals surface area (Å²) >= 11 is 5.94. The molecule has 2 N–H and O–H groups in total. The molecule has 4 rings (SSSR count). The highest BCUT2D eigenvalue weighted by atomic mass is 35.5. The average Bonchev–Trinajstić information content (AvgIpc) is 3.30. The maximum Gasteiger partial charge on any atom is 0.291 e. The maximum absolute atomic E-state index is 13.0. The molecule has 0 radical (unpaired) electrons. The molecular weight excluding hydrogens is 400 g/mol. The second-order valence-corrected chi connectivity index (χ2v) is 6.99. The highest BCUT2D eigenvalue weighted by Gasteiger charge is 2.16. The Labute approximate surface area is 178 Å². The fourth-order valence-corrected chi connectivity index (χ4v) is 3.07. The number of anilines is 1. The molecule has 1 aromatic heterocycles. The molecule has 0 spiro atoms. The van der Waals surface area contributed by atoms with Crippen LogP contribution >= 0.6 is 11.6 Å². The molecule has 2 amide bonds. The van der Waals surface area contributed by atoms with Crippen LogP contribution in [0.4, 0.5) is 5.69 Å². The van der Waals surface area contributed by atoms with Gasteiger partial charge in [-0.2, -0.15) is 0 Å². The van der Waals surface area contributed by atoms with E-state index in [0.717, 1.165) is 10.8 Å². The lowest BCUT2D eigenvalue weighted by atomic mass is 10.1. The zero-order chi connectivity index (χ0) is 20.9. The van der Waals surface area contributed by atoms with E-state index in [2.05, 4.69) is 10.6 Å². The van der Waals surface area contributed by atoms with Gasteiger partial charge in [0.15, 0.2) is 5.76 Å². The van der Waals surface area contributed by atoms with E-state index in [1.165, 1.54) is 12.3 Å². The van der Waals surface area contributed by atoms with Crippen LogP contribution in [0.3, 0.4) is 0 Å². The van der Waals surface area contributed by atoms with Crippen LogP contribution in [0.5, 0.6) is 0 Å². The number of fused-ring (bicyclic) bond motifs is 1. The molecule has 3 aromatic carbocycles. The van der Waals surface area contributed by atoms with Crippen molar-refractivity contribution in [3.63, 3.8) is 0 Å². The molecule has 5 nitrogen and oxygen atoms in total. The Hall–Kier alpha value is -3.83. The van der Waals surface area contributed by atoms with E-state index < -0.39 is 11.8 Å². The lowest BCUT2D eigenvalue weighted by Crippen LogP contribution is -2.30. The Morgan fingerprint density at radius 3 is 2.37 bits per heavy atom. The van der Waals surface area contributed by atoms with E-state index >= 15 is 0 Å². The van der Waals surface area contributed by atoms with Crippen LogP contribution in [0.1, 0.15) is 16.1 Å². The van der Waals surface area contributed by atoms with Crippen LogP contribution in [0.15, 0.2) is 95.2 Å². The standard InChI is InChI=1S/C24H17ClN2O3/c25-19-10-7-16(8-11-19)14-21(27-24(29)22-6-3-13-30-22)23(28)26-20-12-9-17-4-1-2-5-18(17)15-20/h1-15H,(H,26,28)(H,27,29). The van der Waals surface area contributed by atoms with E-state index in [-0.39, 0.29) is 11.5 Å². The van der Waals surface area contributed by atoms with Crippen molar-refractivity contribution in [1.29, 1.82) is 0 Å². The molecule has 0 saturated heterocycles. The van der Waals surface area contributed by atoms with E-state index in [1.54, 1.807) is 36.4 Å². The Balaban J connectivity index is 1.62. The van der Waals surface area contributed by atoms with Gasteiger partial charge in [-0.25, -0.2) is 0 Å². The highest BCUT2D eigenvalue weighted by Crippen LogP contribution is 2.20. The fraction of sp³-hybridized carbons (Fsp3) is 0. The van der Waals surface area contributed by atoms with Crippen LogP contribution in [-0.2, 0) is 4.79 Å². The van der Waals surface area contributed by atoms with Gasteiger partial charge in [0.25, 0.3) is 11.8 Å². The van der Waals surface area contributed by atoms with Gasteiger partial charge in [-0.15, -0.1) is 0 Å². The number of benzene rings is 3. The van der Waals surface area contributed by atoms with Crippen molar-refractivity contribution < 1.29 is 14.0 Å². The molecule has 0 aliphatic carbocycles. The number of carbonyl (C=O) groups is 2. The smallest absolute Gasteiger partial charge is 0.291 e. The van der Waals surface area contributed by atoms with E-state index in [1.807, 2.05) is 42.5 Å². The molecule has 4 aromatic rings. The van der Waals surface area contributed by atoms with Gasteiger partial charge in [-0.1, -0.05) is 54.1 Å². The van der Waals surface area contributed by atoms with Gasteiger partial charge in [-0.3, -0.25) is 9.59 Å². The summed E-state index contributed by atoms with van der Waals surface area (Å²) in [6, 6.07) is 23.5. The predicted molar refractivity (Wildman–Crippen MR) is 118 cm³/mol. The largest absolute Gasteiger partial charge is 0.459 e. The summed E-state index contributed by atoms with van der Waals surface area (Å²) in [7, 11) is 0. The lowest BCUT2D eigenvalue weighted by Gasteiger charge is -2.11. The summed E-state index contributed by atoms with van der Waals surface area (Å²) in [6.07, 6.45) is 2.97. The second kappa shape index (κ2) is 8.68. The Kier molecular flexibility index (Phi) is 5.63. The third-order valence-corrected chi connectivity index (χ3v) is 4.68. The van der Waals surface area contributed by atoms with Crippen LogP contribution in [0.2, 0.25) is 5.02 Å². The number of hydrogen-bond donors (Lipinski definition) is 2. The number of halogens is 1. The third kappa shape index (κ3) is 4.59. The molecule has 1 heterocycles. The minimum Gasteiger partial charge on any atom is -0.459 e. The first-order valence-corrected chi connectivity index (χ1v) is 9.58. The summed E-state index contributed by atoms with van der Waals surface area (Å²) in [6.45, 7) is 0. The molecule has 0 unspecified atom stereocenters. The fourth-order valence-electron chi connectivity index (χ4n) is 2.94.